The van der Waals surface area contributed by atoms with Crippen LogP contribution in [0.1, 0.15) is 18.1 Å². The molecule has 0 aromatic heterocycles. The van der Waals surface area contributed by atoms with Crippen LogP contribution in [0, 0.1) is 17.0 Å². The minimum Gasteiger partial charge on any atom is -0.491 e. The zero-order valence-corrected chi connectivity index (χ0v) is 14.1. The van der Waals surface area contributed by atoms with Crippen molar-refractivity contribution in [3.8, 4) is 5.75 Å². The van der Waals surface area contributed by atoms with Crippen molar-refractivity contribution in [3.05, 3.63) is 75.8 Å². The van der Waals surface area contributed by atoms with Gasteiger partial charge < -0.3 is 10.1 Å². The maximum absolute atomic E-state index is 11.9. The normalized spacial score (nSPS) is 11.9. The number of rotatable bonds is 7. The molecule has 130 valence electrons. The summed E-state index contributed by atoms with van der Waals surface area (Å²) < 4.78 is 5.69. The molecule has 25 heavy (non-hydrogen) atoms. The van der Waals surface area contributed by atoms with Gasteiger partial charge in [-0.25, -0.2) is 0 Å². The Balaban J connectivity index is 1.86. The van der Waals surface area contributed by atoms with Crippen LogP contribution < -0.4 is 10.1 Å². The first kappa shape index (κ1) is 18.2. The fraction of sp³-hybridized carbons (Fsp3) is 0.211. The first-order valence-corrected chi connectivity index (χ1v) is 7.87. The number of non-ortho nitro benzene ring substituents is 1. The van der Waals surface area contributed by atoms with E-state index >= 15 is 0 Å². The van der Waals surface area contributed by atoms with Crippen molar-refractivity contribution in [2.45, 2.75) is 19.9 Å². The molecule has 0 saturated heterocycles. The summed E-state index contributed by atoms with van der Waals surface area (Å²) in [6.45, 7) is 4.15. The molecule has 2 rings (SSSR count). The summed E-state index contributed by atoms with van der Waals surface area (Å²) in [7, 11) is 0. The highest BCUT2D eigenvalue weighted by Gasteiger charge is 2.07. The lowest BCUT2D eigenvalue weighted by Crippen LogP contribution is -2.35. The predicted molar refractivity (Wildman–Crippen MR) is 96.4 cm³/mol. The van der Waals surface area contributed by atoms with Crippen LogP contribution >= 0.6 is 0 Å². The van der Waals surface area contributed by atoms with Crippen LogP contribution in [-0.2, 0) is 4.79 Å². The first-order chi connectivity index (χ1) is 12.0. The Bertz CT molecular complexity index is 786. The van der Waals surface area contributed by atoms with E-state index in [1.165, 1.54) is 24.3 Å². The molecule has 6 nitrogen and oxygen atoms in total. The molecule has 0 heterocycles. The Kier molecular flexibility index (Phi) is 6.28. The van der Waals surface area contributed by atoms with Crippen LogP contribution in [0.5, 0.6) is 5.75 Å². The van der Waals surface area contributed by atoms with Crippen molar-refractivity contribution in [1.29, 1.82) is 0 Å². The van der Waals surface area contributed by atoms with Gasteiger partial charge in [0.15, 0.2) is 0 Å². The van der Waals surface area contributed by atoms with E-state index in [4.69, 9.17) is 4.74 Å². The van der Waals surface area contributed by atoms with E-state index in [9.17, 15) is 14.9 Å². The minimum atomic E-state index is -0.470. The van der Waals surface area contributed by atoms with Crippen LogP contribution in [0.15, 0.2) is 54.6 Å². The number of amides is 1. The molecule has 6 heteroatoms. The number of carbonyl (C=O) groups is 1. The zero-order valence-electron chi connectivity index (χ0n) is 14.1. The van der Waals surface area contributed by atoms with Gasteiger partial charge in [0, 0.05) is 18.2 Å². The molecule has 0 bridgehead atoms. The lowest BCUT2D eigenvalue weighted by Gasteiger charge is -2.15. The number of nitrogens with one attached hydrogen (secondary N) is 1. The van der Waals surface area contributed by atoms with Gasteiger partial charge in [-0.05, 0) is 37.1 Å². The van der Waals surface area contributed by atoms with Gasteiger partial charge in [-0.1, -0.05) is 30.3 Å². The van der Waals surface area contributed by atoms with E-state index in [-0.39, 0.29) is 17.6 Å². The number of aryl methyl sites for hydroxylation is 1. The van der Waals surface area contributed by atoms with Crippen molar-refractivity contribution in [1.82, 2.24) is 5.32 Å². The SMILES string of the molecule is Cc1ccccc1OC[C@@H](C)NC(=O)/C=C/c1cccc([N+](=O)[O-])c1. The average Bonchev–Trinajstić information content (AvgIpc) is 2.59. The Morgan fingerprint density at radius 3 is 2.76 bits per heavy atom. The molecule has 0 aliphatic heterocycles. The van der Waals surface area contributed by atoms with E-state index in [0.717, 1.165) is 11.3 Å². The summed E-state index contributed by atoms with van der Waals surface area (Å²) in [5.41, 5.74) is 1.61. The van der Waals surface area contributed by atoms with Crippen molar-refractivity contribution in [2.75, 3.05) is 6.61 Å². The maximum atomic E-state index is 11.9. The highest BCUT2D eigenvalue weighted by Crippen LogP contribution is 2.16. The molecule has 0 aliphatic rings. The number of ether oxygens (including phenoxy) is 1. The number of nitro benzene ring substituents is 1. The Labute approximate surface area is 146 Å². The van der Waals surface area contributed by atoms with Crippen LogP contribution in [0.2, 0.25) is 0 Å². The maximum Gasteiger partial charge on any atom is 0.270 e. The molecule has 0 radical (unpaired) electrons. The minimum absolute atomic E-state index is 0.0115. The number of hydrogen-bond donors (Lipinski definition) is 1. The summed E-state index contributed by atoms with van der Waals surface area (Å²) in [6.07, 6.45) is 2.89. The molecule has 0 saturated carbocycles. The third kappa shape index (κ3) is 5.76. The van der Waals surface area contributed by atoms with E-state index in [1.807, 2.05) is 38.1 Å². The fourth-order valence-corrected chi connectivity index (χ4v) is 2.18. The topological polar surface area (TPSA) is 81.5 Å². The third-order valence-electron chi connectivity index (χ3n) is 3.48. The largest absolute Gasteiger partial charge is 0.491 e. The van der Waals surface area contributed by atoms with Gasteiger partial charge in [-0.2, -0.15) is 0 Å². The van der Waals surface area contributed by atoms with Crippen molar-refractivity contribution in [2.24, 2.45) is 0 Å². The smallest absolute Gasteiger partial charge is 0.270 e. The second kappa shape index (κ2) is 8.63. The van der Waals surface area contributed by atoms with E-state index in [0.29, 0.717) is 12.2 Å². The molecule has 2 aromatic rings. The molecule has 1 N–H and O–H groups in total. The molecule has 2 aromatic carbocycles. The quantitative estimate of drug-likeness (QED) is 0.475. The highest BCUT2D eigenvalue weighted by molar-refractivity contribution is 5.91. The second-order valence-corrected chi connectivity index (χ2v) is 5.67. The number of nitro groups is 1. The van der Waals surface area contributed by atoms with Gasteiger partial charge in [0.25, 0.3) is 5.69 Å². The van der Waals surface area contributed by atoms with E-state index in [2.05, 4.69) is 5.32 Å². The monoisotopic (exact) mass is 340 g/mol. The van der Waals surface area contributed by atoms with Gasteiger partial charge in [-0.3, -0.25) is 14.9 Å². The standard InChI is InChI=1S/C19H20N2O4/c1-14-6-3-4-9-18(14)25-13-15(2)20-19(22)11-10-16-7-5-8-17(12-16)21(23)24/h3-12,15H,13H2,1-2H3,(H,20,22)/b11-10+/t15-/m1/s1. The van der Waals surface area contributed by atoms with Crippen molar-refractivity contribution >= 4 is 17.7 Å². The van der Waals surface area contributed by atoms with Crippen molar-refractivity contribution < 1.29 is 14.5 Å². The average molecular weight is 340 g/mol. The second-order valence-electron chi connectivity index (χ2n) is 5.67. The Hall–Kier alpha value is -3.15. The summed E-state index contributed by atoms with van der Waals surface area (Å²) in [6, 6.07) is 13.6. The van der Waals surface area contributed by atoms with E-state index in [1.54, 1.807) is 12.1 Å². The van der Waals surface area contributed by atoms with Crippen molar-refractivity contribution in [3.63, 3.8) is 0 Å². The van der Waals surface area contributed by atoms with Crippen LogP contribution in [0.25, 0.3) is 6.08 Å². The molecule has 0 unspecified atom stereocenters. The molecule has 1 atom stereocenters. The Morgan fingerprint density at radius 2 is 2.04 bits per heavy atom. The highest BCUT2D eigenvalue weighted by atomic mass is 16.6. The zero-order chi connectivity index (χ0) is 18.2. The van der Waals surface area contributed by atoms with Crippen LogP contribution in [0.3, 0.4) is 0 Å². The number of benzene rings is 2. The summed E-state index contributed by atoms with van der Waals surface area (Å²) in [4.78, 5) is 22.2. The van der Waals surface area contributed by atoms with Gasteiger partial charge >= 0.3 is 0 Å². The molecule has 0 aliphatic carbocycles. The van der Waals surface area contributed by atoms with Gasteiger partial charge in [0.2, 0.25) is 5.91 Å². The summed E-state index contributed by atoms with van der Waals surface area (Å²) in [5.74, 6) is 0.503. The molecule has 1 amide bonds. The molecule has 0 fully saturated rings. The lowest BCUT2D eigenvalue weighted by molar-refractivity contribution is -0.384. The Morgan fingerprint density at radius 1 is 1.28 bits per heavy atom. The lowest BCUT2D eigenvalue weighted by atomic mass is 10.2. The summed E-state index contributed by atoms with van der Waals surface area (Å²) >= 11 is 0. The number of para-hydroxylation sites is 1. The predicted octanol–water partition coefficient (Wildman–Crippen LogP) is 3.50. The number of hydrogen-bond acceptors (Lipinski definition) is 4. The first-order valence-electron chi connectivity index (χ1n) is 7.87. The summed E-state index contributed by atoms with van der Waals surface area (Å²) in [5, 5.41) is 13.5. The van der Waals surface area contributed by atoms with Crippen LogP contribution in [0.4, 0.5) is 5.69 Å². The molecular weight excluding hydrogens is 320 g/mol. The molecular formula is C19H20N2O4. The van der Waals surface area contributed by atoms with E-state index < -0.39 is 4.92 Å². The van der Waals surface area contributed by atoms with Gasteiger partial charge in [0.05, 0.1) is 11.0 Å². The molecule has 0 spiro atoms. The van der Waals surface area contributed by atoms with Crippen LogP contribution in [-0.4, -0.2) is 23.5 Å². The third-order valence-corrected chi connectivity index (χ3v) is 3.48. The van der Waals surface area contributed by atoms with Gasteiger partial charge in [-0.15, -0.1) is 0 Å². The number of carbonyl (C=O) groups excluding carboxylic acids is 1. The fourth-order valence-electron chi connectivity index (χ4n) is 2.18. The number of nitrogens with zero attached hydrogens (tertiary/aromatic N) is 1. The van der Waals surface area contributed by atoms with Gasteiger partial charge in [0.1, 0.15) is 12.4 Å².